The van der Waals surface area contributed by atoms with E-state index in [1.807, 2.05) is 0 Å². The third kappa shape index (κ3) is 2.95. The van der Waals surface area contributed by atoms with Gasteiger partial charge >= 0.3 is 12.4 Å². The van der Waals surface area contributed by atoms with E-state index in [0.717, 1.165) is 0 Å². The molecule has 0 atom stereocenters. The van der Waals surface area contributed by atoms with Gasteiger partial charge in [0, 0.05) is 6.54 Å². The normalized spacial score (nSPS) is 12.9. The summed E-state index contributed by atoms with van der Waals surface area (Å²) in [4.78, 5) is 0. The third-order valence-corrected chi connectivity index (χ3v) is 2.55. The Morgan fingerprint density at radius 3 is 1.56 bits per heavy atom. The maximum absolute atomic E-state index is 12.6. The van der Waals surface area contributed by atoms with Crippen LogP contribution >= 0.6 is 0 Å². The summed E-state index contributed by atoms with van der Waals surface area (Å²) in [5.74, 6) is 0. The van der Waals surface area contributed by atoms with E-state index in [1.165, 1.54) is 0 Å². The maximum Gasteiger partial charge on any atom is 0.417 e. The van der Waals surface area contributed by atoms with Crippen LogP contribution < -0.4 is 5.73 Å². The minimum absolute atomic E-state index is 0.0813. The van der Waals surface area contributed by atoms with Gasteiger partial charge < -0.3 is 5.73 Å². The number of rotatable bonds is 2. The Bertz CT molecular complexity index is 391. The molecule has 0 fully saturated rings. The molecule has 2 N–H and O–H groups in total. The van der Waals surface area contributed by atoms with Gasteiger partial charge in [0.05, 0.1) is 11.1 Å². The number of hydrogen-bond donors (Lipinski definition) is 1. The number of nitrogens with two attached hydrogens (primary N) is 1. The highest BCUT2D eigenvalue weighted by Gasteiger charge is 2.43. The second-order valence-electron chi connectivity index (χ2n) is 3.72. The van der Waals surface area contributed by atoms with Gasteiger partial charge in [0.15, 0.2) is 0 Å². The van der Waals surface area contributed by atoms with E-state index in [9.17, 15) is 26.3 Å². The molecule has 0 saturated heterocycles. The molecule has 1 aromatic rings. The summed E-state index contributed by atoms with van der Waals surface area (Å²) in [6.45, 7) is 1.33. The van der Waals surface area contributed by atoms with Crippen LogP contribution in [0.25, 0.3) is 0 Å². The predicted octanol–water partition coefficient (Wildman–Crippen LogP) is 3.75. The molecule has 1 rings (SSSR count). The fraction of sp³-hybridized carbons (Fsp3) is 0.455. The van der Waals surface area contributed by atoms with E-state index in [0.29, 0.717) is 12.1 Å². The first kappa shape index (κ1) is 14.8. The molecule has 0 amide bonds. The molecular formula is C11H11F6N. The second kappa shape index (κ2) is 4.79. The van der Waals surface area contributed by atoms with Crippen molar-refractivity contribution in [2.45, 2.75) is 32.2 Å². The van der Waals surface area contributed by atoms with E-state index in [1.54, 1.807) is 6.92 Å². The quantitative estimate of drug-likeness (QED) is 0.814. The van der Waals surface area contributed by atoms with Gasteiger partial charge in [-0.25, -0.2) is 0 Å². The van der Waals surface area contributed by atoms with E-state index >= 15 is 0 Å². The summed E-state index contributed by atoms with van der Waals surface area (Å²) in [6.07, 6.45) is -9.91. The van der Waals surface area contributed by atoms with Gasteiger partial charge in [-0.1, -0.05) is 6.92 Å². The predicted molar refractivity (Wildman–Crippen MR) is 53.7 cm³/mol. The molecule has 0 saturated carbocycles. The van der Waals surface area contributed by atoms with Gasteiger partial charge in [-0.3, -0.25) is 0 Å². The van der Waals surface area contributed by atoms with E-state index in [-0.39, 0.29) is 24.1 Å². The Morgan fingerprint density at radius 2 is 1.28 bits per heavy atom. The smallest absolute Gasteiger partial charge is 0.326 e. The third-order valence-electron chi connectivity index (χ3n) is 2.55. The molecule has 18 heavy (non-hydrogen) atoms. The van der Waals surface area contributed by atoms with Crippen molar-refractivity contribution < 1.29 is 26.3 Å². The van der Waals surface area contributed by atoms with Crippen molar-refractivity contribution in [2.24, 2.45) is 5.73 Å². The summed E-state index contributed by atoms with van der Waals surface area (Å²) >= 11 is 0. The molecule has 102 valence electrons. The molecule has 0 unspecified atom stereocenters. The van der Waals surface area contributed by atoms with Crippen LogP contribution in [0, 0.1) is 0 Å². The molecule has 0 aromatic heterocycles. The van der Waals surface area contributed by atoms with Crippen molar-refractivity contribution in [3.8, 4) is 0 Å². The van der Waals surface area contributed by atoms with Crippen LogP contribution in [0.2, 0.25) is 0 Å². The van der Waals surface area contributed by atoms with Gasteiger partial charge in [-0.2, -0.15) is 26.3 Å². The van der Waals surface area contributed by atoms with Crippen molar-refractivity contribution in [1.82, 2.24) is 0 Å². The highest BCUT2D eigenvalue weighted by Crippen LogP contribution is 2.41. The standard InChI is InChI=1S/C11H11F6N/c1-2-6-3-8(10(12,13)14)9(11(15,16)17)4-7(6)5-18/h3-4H,2,5,18H2,1H3. The molecule has 0 bridgehead atoms. The minimum atomic E-state index is -5.05. The average Bonchev–Trinajstić information content (AvgIpc) is 2.24. The number of halogens is 6. The topological polar surface area (TPSA) is 26.0 Å². The Labute approximate surface area is 99.6 Å². The highest BCUT2D eigenvalue weighted by atomic mass is 19.4. The second-order valence-corrected chi connectivity index (χ2v) is 3.72. The zero-order valence-electron chi connectivity index (χ0n) is 9.41. The van der Waals surface area contributed by atoms with Gasteiger partial charge in [0.1, 0.15) is 0 Å². The Hall–Kier alpha value is -1.24. The lowest BCUT2D eigenvalue weighted by Crippen LogP contribution is -2.18. The molecule has 0 aliphatic carbocycles. The largest absolute Gasteiger partial charge is 0.417 e. The van der Waals surface area contributed by atoms with Gasteiger partial charge in [0.2, 0.25) is 0 Å². The first-order valence-corrected chi connectivity index (χ1v) is 5.11. The van der Waals surface area contributed by atoms with Crippen LogP contribution in [0.4, 0.5) is 26.3 Å². The van der Waals surface area contributed by atoms with Crippen LogP contribution in [0.15, 0.2) is 12.1 Å². The molecular weight excluding hydrogens is 260 g/mol. The van der Waals surface area contributed by atoms with Crippen LogP contribution in [0.1, 0.15) is 29.2 Å². The molecule has 1 nitrogen and oxygen atoms in total. The SMILES string of the molecule is CCc1cc(C(F)(F)F)c(C(F)(F)F)cc1CN. The maximum atomic E-state index is 12.6. The fourth-order valence-corrected chi connectivity index (χ4v) is 1.68. The van der Waals surface area contributed by atoms with Gasteiger partial charge in [-0.15, -0.1) is 0 Å². The summed E-state index contributed by atoms with van der Waals surface area (Å²) < 4.78 is 75.6. The molecule has 1 aromatic carbocycles. The zero-order chi connectivity index (χ0) is 14.1. The number of benzene rings is 1. The Kier molecular flexibility index (Phi) is 3.95. The van der Waals surface area contributed by atoms with Crippen molar-refractivity contribution in [1.29, 1.82) is 0 Å². The summed E-state index contributed by atoms with van der Waals surface area (Å²) in [7, 11) is 0. The fourth-order valence-electron chi connectivity index (χ4n) is 1.68. The number of aryl methyl sites for hydroxylation is 1. The Balaban J connectivity index is 3.57. The molecule has 0 aliphatic heterocycles. The highest BCUT2D eigenvalue weighted by molar-refractivity contribution is 5.41. The first-order chi connectivity index (χ1) is 8.11. The van der Waals surface area contributed by atoms with Crippen molar-refractivity contribution in [2.75, 3.05) is 0 Å². The van der Waals surface area contributed by atoms with Crippen LogP contribution in [0.5, 0.6) is 0 Å². The van der Waals surface area contributed by atoms with Gasteiger partial charge in [0.25, 0.3) is 0 Å². The lowest BCUT2D eigenvalue weighted by molar-refractivity contribution is -0.162. The van der Waals surface area contributed by atoms with E-state index in [4.69, 9.17) is 5.73 Å². The van der Waals surface area contributed by atoms with Crippen molar-refractivity contribution >= 4 is 0 Å². The van der Waals surface area contributed by atoms with Crippen LogP contribution in [-0.2, 0) is 25.3 Å². The Morgan fingerprint density at radius 1 is 0.889 bits per heavy atom. The van der Waals surface area contributed by atoms with Crippen LogP contribution in [-0.4, -0.2) is 0 Å². The molecule has 0 heterocycles. The van der Waals surface area contributed by atoms with Crippen LogP contribution in [0.3, 0.4) is 0 Å². The number of alkyl halides is 6. The lowest BCUT2D eigenvalue weighted by atomic mass is 9.96. The molecule has 0 radical (unpaired) electrons. The molecule has 0 spiro atoms. The number of hydrogen-bond acceptors (Lipinski definition) is 1. The van der Waals surface area contributed by atoms with E-state index < -0.39 is 23.5 Å². The zero-order valence-corrected chi connectivity index (χ0v) is 9.41. The summed E-state index contributed by atoms with van der Waals surface area (Å²) in [6, 6.07) is 1.02. The summed E-state index contributed by atoms with van der Waals surface area (Å²) in [5.41, 5.74) is 2.16. The summed E-state index contributed by atoms with van der Waals surface area (Å²) in [5, 5.41) is 0. The lowest BCUT2D eigenvalue weighted by Gasteiger charge is -2.18. The monoisotopic (exact) mass is 271 g/mol. The van der Waals surface area contributed by atoms with Gasteiger partial charge in [-0.05, 0) is 29.7 Å². The minimum Gasteiger partial charge on any atom is -0.326 e. The molecule has 7 heteroatoms. The van der Waals surface area contributed by atoms with Crippen molar-refractivity contribution in [3.05, 3.63) is 34.4 Å². The van der Waals surface area contributed by atoms with E-state index in [2.05, 4.69) is 0 Å². The van der Waals surface area contributed by atoms with Crippen molar-refractivity contribution in [3.63, 3.8) is 0 Å². The first-order valence-electron chi connectivity index (χ1n) is 5.11. The average molecular weight is 271 g/mol. The molecule has 0 aliphatic rings.